The highest BCUT2D eigenvalue weighted by Crippen LogP contribution is 2.24. The van der Waals surface area contributed by atoms with Gasteiger partial charge in [-0.3, -0.25) is 9.59 Å². The van der Waals surface area contributed by atoms with Crippen LogP contribution in [0.5, 0.6) is 0 Å². The predicted molar refractivity (Wildman–Crippen MR) is 117 cm³/mol. The lowest BCUT2D eigenvalue weighted by Gasteiger charge is -2.25. The van der Waals surface area contributed by atoms with Crippen LogP contribution in [-0.4, -0.2) is 48.8 Å². The van der Waals surface area contributed by atoms with Crippen LogP contribution in [0.4, 0.5) is 5.69 Å². The van der Waals surface area contributed by atoms with Gasteiger partial charge in [0.2, 0.25) is 11.8 Å². The number of carbonyl (C=O) groups excluding carboxylic acids is 2. The summed E-state index contributed by atoms with van der Waals surface area (Å²) in [7, 11) is 4.02. The molecule has 0 aliphatic carbocycles. The first-order valence-electron chi connectivity index (χ1n) is 9.99. The second kappa shape index (κ2) is 9.90. The first-order valence-corrected chi connectivity index (χ1v) is 10.4. The summed E-state index contributed by atoms with van der Waals surface area (Å²) in [6.45, 7) is 2.07. The number of hydrogen-bond acceptors (Lipinski definition) is 3. The molecule has 29 heavy (non-hydrogen) atoms. The third-order valence-electron chi connectivity index (χ3n) is 5.08. The van der Waals surface area contributed by atoms with Crippen molar-refractivity contribution >= 4 is 29.1 Å². The molecule has 3 rings (SSSR count). The Labute approximate surface area is 177 Å². The summed E-state index contributed by atoms with van der Waals surface area (Å²) in [5.74, 6) is 0.203. The maximum Gasteiger partial charge on any atom is 0.228 e. The molecule has 0 aromatic heterocycles. The highest BCUT2D eigenvalue weighted by molar-refractivity contribution is 6.30. The van der Waals surface area contributed by atoms with Gasteiger partial charge in [-0.2, -0.15) is 0 Å². The summed E-state index contributed by atoms with van der Waals surface area (Å²) < 4.78 is 0. The van der Waals surface area contributed by atoms with Gasteiger partial charge in [-0.15, -0.1) is 0 Å². The number of rotatable bonds is 9. The first-order chi connectivity index (χ1) is 13.9. The maximum atomic E-state index is 12.9. The van der Waals surface area contributed by atoms with Crippen molar-refractivity contribution in [1.29, 1.82) is 0 Å². The summed E-state index contributed by atoms with van der Waals surface area (Å²) >= 11 is 6.10. The van der Waals surface area contributed by atoms with Gasteiger partial charge in [0.05, 0.1) is 6.42 Å². The van der Waals surface area contributed by atoms with Crippen molar-refractivity contribution in [3.8, 4) is 0 Å². The van der Waals surface area contributed by atoms with E-state index in [9.17, 15) is 9.59 Å². The molecular formula is C23H28ClN3O2. The number of nitrogens with one attached hydrogen (secondary N) is 1. The molecule has 2 aromatic carbocycles. The lowest BCUT2D eigenvalue weighted by atomic mass is 10.0. The standard InChI is InChI=1S/C23H28ClN3O2/c1-26(2)11-12-27(16-18-6-3-7-20(24)14-18)23(29)8-4-5-17-9-10-21-19(13-17)15-22(28)25-21/h3,6-7,9-10,13-14H,4-5,8,11-12,15-16H2,1-2H3,(H,25,28). The Kier molecular flexibility index (Phi) is 7.29. The van der Waals surface area contributed by atoms with Gasteiger partial charge in [0, 0.05) is 36.8 Å². The number of amides is 2. The van der Waals surface area contributed by atoms with Crippen molar-refractivity contribution in [3.63, 3.8) is 0 Å². The zero-order valence-corrected chi connectivity index (χ0v) is 17.8. The molecule has 2 amide bonds. The van der Waals surface area contributed by atoms with Crippen molar-refractivity contribution < 1.29 is 9.59 Å². The summed E-state index contributed by atoms with van der Waals surface area (Å²) in [5.41, 5.74) is 4.17. The minimum absolute atomic E-state index is 0.0462. The van der Waals surface area contributed by atoms with Gasteiger partial charge in [-0.25, -0.2) is 0 Å². The van der Waals surface area contributed by atoms with Crippen molar-refractivity contribution in [3.05, 3.63) is 64.2 Å². The molecule has 0 radical (unpaired) electrons. The van der Waals surface area contributed by atoms with E-state index in [0.29, 0.717) is 31.0 Å². The number of likely N-dealkylation sites (N-methyl/N-ethyl adjacent to an activating group) is 1. The molecular weight excluding hydrogens is 386 g/mol. The van der Waals surface area contributed by atoms with E-state index in [1.807, 2.05) is 55.4 Å². The minimum atomic E-state index is 0.0462. The second-order valence-corrected chi connectivity index (χ2v) is 8.25. The summed E-state index contributed by atoms with van der Waals surface area (Å²) in [6, 6.07) is 13.7. The number of anilines is 1. The van der Waals surface area contributed by atoms with Crippen LogP contribution in [0.3, 0.4) is 0 Å². The Morgan fingerprint density at radius 2 is 1.93 bits per heavy atom. The van der Waals surface area contributed by atoms with Crippen LogP contribution in [0.25, 0.3) is 0 Å². The number of nitrogens with zero attached hydrogens (tertiary/aromatic N) is 2. The normalized spacial score (nSPS) is 12.8. The zero-order chi connectivity index (χ0) is 20.8. The van der Waals surface area contributed by atoms with Crippen LogP contribution in [-0.2, 0) is 29.0 Å². The third kappa shape index (κ3) is 6.31. The van der Waals surface area contributed by atoms with Gasteiger partial charge in [0.15, 0.2) is 0 Å². The number of halogens is 1. The highest BCUT2D eigenvalue weighted by Gasteiger charge is 2.18. The molecule has 1 aliphatic heterocycles. The van der Waals surface area contributed by atoms with Crippen LogP contribution < -0.4 is 5.32 Å². The average Bonchev–Trinajstić information content (AvgIpc) is 3.04. The number of fused-ring (bicyclic) bond motifs is 1. The summed E-state index contributed by atoms with van der Waals surface area (Å²) in [4.78, 5) is 28.4. The largest absolute Gasteiger partial charge is 0.337 e. The monoisotopic (exact) mass is 413 g/mol. The molecule has 0 saturated heterocycles. The van der Waals surface area contributed by atoms with Crippen LogP contribution >= 0.6 is 11.6 Å². The molecule has 0 unspecified atom stereocenters. The quantitative estimate of drug-likeness (QED) is 0.681. The molecule has 0 atom stereocenters. The van der Waals surface area contributed by atoms with E-state index in [-0.39, 0.29) is 11.8 Å². The van der Waals surface area contributed by atoms with Crippen molar-refractivity contribution in [2.24, 2.45) is 0 Å². The molecule has 0 saturated carbocycles. The van der Waals surface area contributed by atoms with E-state index < -0.39 is 0 Å². The molecule has 1 N–H and O–H groups in total. The molecule has 6 heteroatoms. The Balaban J connectivity index is 1.56. The van der Waals surface area contributed by atoms with Gasteiger partial charge >= 0.3 is 0 Å². The van der Waals surface area contributed by atoms with Gasteiger partial charge in [-0.05, 0) is 61.8 Å². The van der Waals surface area contributed by atoms with E-state index >= 15 is 0 Å². The molecule has 154 valence electrons. The van der Waals surface area contributed by atoms with E-state index in [1.54, 1.807) is 0 Å². The number of hydrogen-bond donors (Lipinski definition) is 1. The highest BCUT2D eigenvalue weighted by atomic mass is 35.5. The third-order valence-corrected chi connectivity index (χ3v) is 5.32. The summed E-state index contributed by atoms with van der Waals surface area (Å²) in [6.07, 6.45) is 2.56. The van der Waals surface area contributed by atoms with Gasteiger partial charge in [0.1, 0.15) is 0 Å². The van der Waals surface area contributed by atoms with Crippen LogP contribution in [0, 0.1) is 0 Å². The van der Waals surface area contributed by atoms with Crippen molar-refractivity contribution in [2.45, 2.75) is 32.2 Å². The summed E-state index contributed by atoms with van der Waals surface area (Å²) in [5, 5.41) is 3.54. The predicted octanol–water partition coefficient (Wildman–Crippen LogP) is 3.75. The Bertz CT molecular complexity index is 882. The Morgan fingerprint density at radius 1 is 1.10 bits per heavy atom. The smallest absolute Gasteiger partial charge is 0.228 e. The molecule has 0 spiro atoms. The molecule has 2 aromatic rings. The fourth-order valence-corrected chi connectivity index (χ4v) is 3.72. The van der Waals surface area contributed by atoms with E-state index in [0.717, 1.165) is 36.2 Å². The zero-order valence-electron chi connectivity index (χ0n) is 17.1. The number of aryl methyl sites for hydroxylation is 1. The molecule has 0 fully saturated rings. The lowest BCUT2D eigenvalue weighted by molar-refractivity contribution is -0.132. The Morgan fingerprint density at radius 3 is 2.69 bits per heavy atom. The second-order valence-electron chi connectivity index (χ2n) is 7.82. The molecule has 1 aliphatic rings. The van der Waals surface area contributed by atoms with Gasteiger partial charge < -0.3 is 15.1 Å². The van der Waals surface area contributed by atoms with E-state index in [2.05, 4.69) is 16.3 Å². The fourth-order valence-electron chi connectivity index (χ4n) is 3.51. The van der Waals surface area contributed by atoms with Crippen LogP contribution in [0.15, 0.2) is 42.5 Å². The molecule has 1 heterocycles. The van der Waals surface area contributed by atoms with E-state index in [4.69, 9.17) is 11.6 Å². The lowest BCUT2D eigenvalue weighted by Crippen LogP contribution is -2.36. The Hall–Kier alpha value is -2.37. The van der Waals surface area contributed by atoms with Crippen LogP contribution in [0.1, 0.15) is 29.5 Å². The number of carbonyl (C=O) groups is 2. The topological polar surface area (TPSA) is 52.7 Å². The van der Waals surface area contributed by atoms with Crippen molar-refractivity contribution in [2.75, 3.05) is 32.5 Å². The SMILES string of the molecule is CN(C)CCN(Cc1cccc(Cl)c1)C(=O)CCCc1ccc2c(c1)CC(=O)N2. The van der Waals surface area contributed by atoms with Crippen LogP contribution in [0.2, 0.25) is 5.02 Å². The number of benzene rings is 2. The molecule has 0 bridgehead atoms. The fraction of sp³-hybridized carbons (Fsp3) is 0.391. The maximum absolute atomic E-state index is 12.9. The van der Waals surface area contributed by atoms with E-state index in [1.165, 1.54) is 5.56 Å². The first kappa shape index (κ1) is 21.3. The average molecular weight is 414 g/mol. The molecule has 5 nitrogen and oxygen atoms in total. The van der Waals surface area contributed by atoms with Crippen molar-refractivity contribution in [1.82, 2.24) is 9.80 Å². The van der Waals surface area contributed by atoms with Gasteiger partial charge in [-0.1, -0.05) is 35.9 Å². The van der Waals surface area contributed by atoms with Gasteiger partial charge in [0.25, 0.3) is 0 Å². The minimum Gasteiger partial charge on any atom is -0.337 e.